The normalized spacial score (nSPS) is 9.56. The van der Waals surface area contributed by atoms with Gasteiger partial charge in [-0.1, -0.05) is 25.7 Å². The van der Waals surface area contributed by atoms with Gasteiger partial charge in [0.05, 0.1) is 13.2 Å². The fraction of sp³-hybridized carbons (Fsp3) is 0.357. The average Bonchev–Trinajstić information content (AvgIpc) is 2.35. The molecule has 1 aromatic rings. The van der Waals surface area contributed by atoms with E-state index in [2.05, 4.69) is 17.2 Å². The number of amides is 1. The van der Waals surface area contributed by atoms with Crippen LogP contribution in [0.2, 0.25) is 0 Å². The lowest BCUT2D eigenvalue weighted by atomic mass is 10.2. The van der Waals surface area contributed by atoms with Crippen molar-refractivity contribution in [1.29, 1.82) is 0 Å². The predicted octanol–water partition coefficient (Wildman–Crippen LogP) is 2.20. The van der Waals surface area contributed by atoms with Gasteiger partial charge in [0.2, 0.25) is 0 Å². The van der Waals surface area contributed by atoms with Gasteiger partial charge in [0.1, 0.15) is 0 Å². The fourth-order valence-corrected chi connectivity index (χ4v) is 1.19. The number of anilines is 1. The molecule has 0 fully saturated rings. The number of carbonyl (C=O) groups is 1. The van der Waals surface area contributed by atoms with E-state index in [4.69, 9.17) is 10.5 Å². The van der Waals surface area contributed by atoms with E-state index < -0.39 is 6.09 Å². The van der Waals surface area contributed by atoms with Crippen LogP contribution in [-0.2, 0) is 4.74 Å². The number of benzene rings is 1. The molecule has 0 aliphatic carbocycles. The molecule has 1 amide bonds. The summed E-state index contributed by atoms with van der Waals surface area (Å²) in [5.74, 6) is 5.99. The van der Waals surface area contributed by atoms with Crippen LogP contribution in [0.4, 0.5) is 10.5 Å². The van der Waals surface area contributed by atoms with Gasteiger partial charge in [0, 0.05) is 11.3 Å². The highest BCUT2D eigenvalue weighted by Gasteiger charge is 2.04. The van der Waals surface area contributed by atoms with Crippen molar-refractivity contribution >= 4 is 11.8 Å². The summed E-state index contributed by atoms with van der Waals surface area (Å²) in [5.41, 5.74) is 6.83. The highest BCUT2D eigenvalue weighted by Crippen LogP contribution is 2.09. The van der Waals surface area contributed by atoms with Gasteiger partial charge >= 0.3 is 6.09 Å². The Labute approximate surface area is 108 Å². The number of nitrogens with two attached hydrogens (primary N) is 1. The molecule has 0 bridgehead atoms. The molecule has 1 aromatic carbocycles. The minimum absolute atomic E-state index is 0.324. The molecule has 0 saturated heterocycles. The first-order valence-corrected chi connectivity index (χ1v) is 5.84. The Morgan fingerprint density at radius 3 is 2.61 bits per heavy atom. The van der Waals surface area contributed by atoms with E-state index in [1.165, 1.54) is 0 Å². The minimum atomic E-state index is -0.440. The Kier molecular flexibility index (Phi) is 5.75. The zero-order valence-corrected chi connectivity index (χ0v) is 10.7. The first-order chi connectivity index (χ1) is 8.61. The Morgan fingerprint density at radius 1 is 1.39 bits per heavy atom. The second-order valence-electron chi connectivity index (χ2n) is 4.20. The van der Waals surface area contributed by atoms with Crippen LogP contribution < -0.4 is 11.1 Å². The van der Waals surface area contributed by atoms with Crippen molar-refractivity contribution in [3.63, 3.8) is 0 Å². The van der Waals surface area contributed by atoms with E-state index in [1.807, 2.05) is 26.0 Å². The van der Waals surface area contributed by atoms with Crippen LogP contribution in [0.5, 0.6) is 0 Å². The standard InChI is InChI=1S/C14H18N2O2/c1-11(2)10-18-14(17)16-13-7-5-12(6-8-13)4-3-9-15/h5-8,11H,9-10,15H2,1-2H3,(H,16,17). The summed E-state index contributed by atoms with van der Waals surface area (Å²) < 4.78 is 5.01. The Morgan fingerprint density at radius 2 is 2.06 bits per heavy atom. The maximum Gasteiger partial charge on any atom is 0.411 e. The van der Waals surface area contributed by atoms with Crippen molar-refractivity contribution in [1.82, 2.24) is 0 Å². The number of rotatable bonds is 3. The van der Waals surface area contributed by atoms with Crippen LogP contribution in [-0.4, -0.2) is 19.2 Å². The largest absolute Gasteiger partial charge is 0.449 e. The van der Waals surface area contributed by atoms with Gasteiger partial charge in [-0.3, -0.25) is 5.32 Å². The maximum atomic E-state index is 11.4. The molecule has 3 N–H and O–H groups in total. The maximum absolute atomic E-state index is 11.4. The van der Waals surface area contributed by atoms with Crippen molar-refractivity contribution in [3.05, 3.63) is 29.8 Å². The Balaban J connectivity index is 2.50. The number of ether oxygens (including phenoxy) is 1. The third kappa shape index (κ3) is 5.37. The number of carbonyl (C=O) groups excluding carboxylic acids is 1. The van der Waals surface area contributed by atoms with Gasteiger partial charge < -0.3 is 10.5 Å². The molecule has 0 spiro atoms. The van der Waals surface area contributed by atoms with Gasteiger partial charge in [-0.25, -0.2) is 4.79 Å². The van der Waals surface area contributed by atoms with Crippen molar-refractivity contribution < 1.29 is 9.53 Å². The topological polar surface area (TPSA) is 64.3 Å². The molecule has 0 unspecified atom stereocenters. The van der Waals surface area contributed by atoms with Crippen molar-refractivity contribution in [3.8, 4) is 11.8 Å². The molecule has 4 nitrogen and oxygen atoms in total. The lowest BCUT2D eigenvalue weighted by Crippen LogP contribution is -2.16. The molecule has 0 atom stereocenters. The number of hydrogen-bond donors (Lipinski definition) is 2. The Bertz CT molecular complexity index is 441. The predicted molar refractivity (Wildman–Crippen MR) is 72.2 cm³/mol. The monoisotopic (exact) mass is 246 g/mol. The molecule has 0 saturated carbocycles. The molecule has 0 heterocycles. The molecule has 96 valence electrons. The van der Waals surface area contributed by atoms with Gasteiger partial charge in [0.15, 0.2) is 0 Å². The molecule has 4 heteroatoms. The smallest absolute Gasteiger partial charge is 0.411 e. The third-order valence-corrected chi connectivity index (χ3v) is 2.01. The molecule has 0 aliphatic rings. The summed E-state index contributed by atoms with van der Waals surface area (Å²) in [4.78, 5) is 11.4. The third-order valence-electron chi connectivity index (χ3n) is 2.01. The summed E-state index contributed by atoms with van der Waals surface area (Å²) in [6.07, 6.45) is -0.440. The van der Waals surface area contributed by atoms with Gasteiger partial charge in [-0.2, -0.15) is 0 Å². The first kappa shape index (κ1) is 14.1. The molecule has 18 heavy (non-hydrogen) atoms. The van der Waals surface area contributed by atoms with E-state index in [0.717, 1.165) is 5.56 Å². The van der Waals surface area contributed by atoms with E-state index >= 15 is 0 Å². The van der Waals surface area contributed by atoms with E-state index in [1.54, 1.807) is 12.1 Å². The molecule has 0 aliphatic heterocycles. The number of hydrogen-bond acceptors (Lipinski definition) is 3. The highest BCUT2D eigenvalue weighted by molar-refractivity contribution is 5.84. The summed E-state index contributed by atoms with van der Waals surface area (Å²) >= 11 is 0. The summed E-state index contributed by atoms with van der Waals surface area (Å²) in [7, 11) is 0. The van der Waals surface area contributed by atoms with E-state index in [-0.39, 0.29) is 0 Å². The second kappa shape index (κ2) is 7.36. The Hall–Kier alpha value is -1.99. The number of nitrogens with one attached hydrogen (secondary N) is 1. The van der Waals surface area contributed by atoms with Gasteiger partial charge in [-0.15, -0.1) is 0 Å². The molecule has 0 aromatic heterocycles. The van der Waals surface area contributed by atoms with Crippen molar-refractivity contribution in [2.45, 2.75) is 13.8 Å². The van der Waals surface area contributed by atoms with Crippen LogP contribution >= 0.6 is 0 Å². The van der Waals surface area contributed by atoms with Gasteiger partial charge in [-0.05, 0) is 30.2 Å². The van der Waals surface area contributed by atoms with Crippen LogP contribution in [0.1, 0.15) is 19.4 Å². The summed E-state index contributed by atoms with van der Waals surface area (Å²) in [5, 5.41) is 2.65. The fourth-order valence-electron chi connectivity index (χ4n) is 1.19. The van der Waals surface area contributed by atoms with E-state index in [0.29, 0.717) is 24.8 Å². The minimum Gasteiger partial charge on any atom is -0.449 e. The van der Waals surface area contributed by atoms with Crippen molar-refractivity contribution in [2.24, 2.45) is 11.7 Å². The zero-order valence-electron chi connectivity index (χ0n) is 10.7. The van der Waals surface area contributed by atoms with E-state index in [9.17, 15) is 4.79 Å². The van der Waals surface area contributed by atoms with Crippen LogP contribution in [0.25, 0.3) is 0 Å². The summed E-state index contributed by atoms with van der Waals surface area (Å²) in [6.45, 7) is 4.71. The SMILES string of the molecule is CC(C)COC(=O)Nc1ccc(C#CCN)cc1. The summed E-state index contributed by atoms with van der Waals surface area (Å²) in [6, 6.07) is 7.19. The molecule has 1 rings (SSSR count). The van der Waals surface area contributed by atoms with Crippen LogP contribution in [0.3, 0.4) is 0 Å². The second-order valence-corrected chi connectivity index (χ2v) is 4.20. The van der Waals surface area contributed by atoms with Crippen LogP contribution in [0, 0.1) is 17.8 Å². The quantitative estimate of drug-likeness (QED) is 0.804. The molecular formula is C14H18N2O2. The van der Waals surface area contributed by atoms with Gasteiger partial charge in [0.25, 0.3) is 0 Å². The average molecular weight is 246 g/mol. The van der Waals surface area contributed by atoms with Crippen molar-refractivity contribution in [2.75, 3.05) is 18.5 Å². The highest BCUT2D eigenvalue weighted by atomic mass is 16.5. The molecule has 0 radical (unpaired) electrons. The lowest BCUT2D eigenvalue weighted by molar-refractivity contribution is 0.147. The lowest BCUT2D eigenvalue weighted by Gasteiger charge is -2.08. The zero-order chi connectivity index (χ0) is 13.4. The van der Waals surface area contributed by atoms with Crippen LogP contribution in [0.15, 0.2) is 24.3 Å². The first-order valence-electron chi connectivity index (χ1n) is 5.84. The molecular weight excluding hydrogens is 228 g/mol.